The van der Waals surface area contributed by atoms with Gasteiger partial charge in [0.05, 0.1) is 12.2 Å². The van der Waals surface area contributed by atoms with E-state index in [1.807, 2.05) is 6.92 Å². The molecule has 0 radical (unpaired) electrons. The summed E-state index contributed by atoms with van der Waals surface area (Å²) in [6, 6.07) is 0. The molecule has 1 amide bonds. The Morgan fingerprint density at radius 3 is 2.90 bits per heavy atom. The van der Waals surface area contributed by atoms with E-state index in [2.05, 4.69) is 12.2 Å². The van der Waals surface area contributed by atoms with Gasteiger partial charge in [-0.05, 0) is 44.9 Å². The molecule has 0 unspecified atom stereocenters. The lowest BCUT2D eigenvalue weighted by atomic mass is 9.88. The van der Waals surface area contributed by atoms with Gasteiger partial charge in [0.25, 0.3) is 0 Å². The van der Waals surface area contributed by atoms with Crippen LogP contribution in [0.3, 0.4) is 0 Å². The number of rotatable bonds is 6. The number of nitrogens with one attached hydrogen (secondary N) is 1. The third-order valence-electron chi connectivity index (χ3n) is 4.44. The first-order chi connectivity index (χ1) is 9.65. The summed E-state index contributed by atoms with van der Waals surface area (Å²) >= 11 is 0. The lowest BCUT2D eigenvalue weighted by Gasteiger charge is -2.29. The maximum Gasteiger partial charge on any atom is 0.248 e. The molecule has 4 heteroatoms. The van der Waals surface area contributed by atoms with E-state index in [0.29, 0.717) is 12.6 Å². The van der Waals surface area contributed by atoms with Crippen LogP contribution >= 0.6 is 0 Å². The summed E-state index contributed by atoms with van der Waals surface area (Å²) in [7, 11) is 0. The van der Waals surface area contributed by atoms with E-state index in [1.54, 1.807) is 0 Å². The van der Waals surface area contributed by atoms with Gasteiger partial charge in [0, 0.05) is 13.2 Å². The van der Waals surface area contributed by atoms with Crippen LogP contribution in [0.25, 0.3) is 0 Å². The first kappa shape index (κ1) is 15.8. The molecule has 0 bridgehead atoms. The molecule has 1 aliphatic carbocycles. The van der Waals surface area contributed by atoms with Crippen molar-refractivity contribution in [2.24, 2.45) is 5.92 Å². The fourth-order valence-corrected chi connectivity index (χ4v) is 3.22. The van der Waals surface area contributed by atoms with Crippen LogP contribution in [0, 0.1) is 5.92 Å². The predicted molar refractivity (Wildman–Crippen MR) is 78.6 cm³/mol. The monoisotopic (exact) mass is 283 g/mol. The third-order valence-corrected chi connectivity index (χ3v) is 4.44. The highest BCUT2D eigenvalue weighted by Gasteiger charge is 2.24. The van der Waals surface area contributed by atoms with Crippen LogP contribution in [-0.4, -0.2) is 37.4 Å². The van der Waals surface area contributed by atoms with Gasteiger partial charge in [0.1, 0.15) is 6.10 Å². The van der Waals surface area contributed by atoms with Gasteiger partial charge in [-0.1, -0.05) is 19.8 Å². The van der Waals surface area contributed by atoms with E-state index in [4.69, 9.17) is 9.47 Å². The summed E-state index contributed by atoms with van der Waals surface area (Å²) in [6.07, 6.45) is 8.16. The molecule has 116 valence electrons. The van der Waals surface area contributed by atoms with E-state index in [9.17, 15) is 4.79 Å². The van der Waals surface area contributed by atoms with Crippen LogP contribution in [0.15, 0.2) is 0 Å². The average Bonchev–Trinajstić information content (AvgIpc) is 2.91. The molecule has 1 heterocycles. The molecule has 1 aliphatic heterocycles. The number of hydrogen-bond donors (Lipinski definition) is 1. The molecular weight excluding hydrogens is 254 g/mol. The van der Waals surface area contributed by atoms with Crippen LogP contribution in [0.4, 0.5) is 0 Å². The number of hydrogen-bond acceptors (Lipinski definition) is 3. The maximum atomic E-state index is 12.0. The first-order valence-electron chi connectivity index (χ1n) is 8.20. The minimum Gasteiger partial charge on any atom is -0.378 e. The van der Waals surface area contributed by atoms with Gasteiger partial charge in [-0.15, -0.1) is 0 Å². The molecule has 1 saturated heterocycles. The second-order valence-electron chi connectivity index (χ2n) is 6.39. The van der Waals surface area contributed by atoms with Gasteiger partial charge >= 0.3 is 0 Å². The summed E-state index contributed by atoms with van der Waals surface area (Å²) in [5.41, 5.74) is 0. The van der Waals surface area contributed by atoms with E-state index in [1.165, 1.54) is 12.8 Å². The summed E-state index contributed by atoms with van der Waals surface area (Å²) < 4.78 is 11.4. The van der Waals surface area contributed by atoms with Crippen LogP contribution in [0.1, 0.15) is 58.8 Å². The minimum atomic E-state index is -0.338. The molecule has 0 spiro atoms. The molecule has 2 fully saturated rings. The Bertz CT molecular complexity index is 302. The zero-order valence-corrected chi connectivity index (χ0v) is 12.9. The number of ether oxygens (including phenoxy) is 2. The zero-order valence-electron chi connectivity index (χ0n) is 12.9. The van der Waals surface area contributed by atoms with Crippen molar-refractivity contribution in [3.63, 3.8) is 0 Å². The van der Waals surface area contributed by atoms with Crippen molar-refractivity contribution in [3.05, 3.63) is 0 Å². The molecule has 1 N–H and O–H groups in total. The van der Waals surface area contributed by atoms with Crippen LogP contribution < -0.4 is 5.32 Å². The molecule has 0 aromatic carbocycles. The predicted octanol–water partition coefficient (Wildman–Crippen LogP) is 2.66. The minimum absolute atomic E-state index is 0.0150. The average molecular weight is 283 g/mol. The van der Waals surface area contributed by atoms with Crippen molar-refractivity contribution in [2.45, 2.75) is 77.1 Å². The van der Waals surface area contributed by atoms with E-state index in [-0.39, 0.29) is 18.1 Å². The van der Waals surface area contributed by atoms with Crippen molar-refractivity contribution in [2.75, 3.05) is 13.2 Å². The molecule has 1 saturated carbocycles. The van der Waals surface area contributed by atoms with Gasteiger partial charge in [0.15, 0.2) is 0 Å². The molecule has 2 aliphatic rings. The Kier molecular flexibility index (Phi) is 6.30. The maximum absolute atomic E-state index is 12.0. The molecule has 2 rings (SSSR count). The van der Waals surface area contributed by atoms with Gasteiger partial charge < -0.3 is 14.8 Å². The summed E-state index contributed by atoms with van der Waals surface area (Å²) in [4.78, 5) is 12.0. The normalized spacial score (nSPS) is 32.0. The molecule has 4 atom stereocenters. The topological polar surface area (TPSA) is 47.6 Å². The van der Waals surface area contributed by atoms with Crippen LogP contribution in [0.5, 0.6) is 0 Å². The van der Waals surface area contributed by atoms with Crippen molar-refractivity contribution < 1.29 is 14.3 Å². The number of carbonyl (C=O) groups is 1. The van der Waals surface area contributed by atoms with Crippen LogP contribution in [0.2, 0.25) is 0 Å². The van der Waals surface area contributed by atoms with Gasteiger partial charge in [0.2, 0.25) is 5.91 Å². The number of carbonyl (C=O) groups excluding carboxylic acids is 1. The highest BCUT2D eigenvalue weighted by molar-refractivity contribution is 5.80. The van der Waals surface area contributed by atoms with Crippen molar-refractivity contribution >= 4 is 5.91 Å². The largest absolute Gasteiger partial charge is 0.378 e. The van der Waals surface area contributed by atoms with Crippen molar-refractivity contribution in [1.82, 2.24) is 5.32 Å². The van der Waals surface area contributed by atoms with E-state index >= 15 is 0 Å². The Morgan fingerprint density at radius 2 is 2.20 bits per heavy atom. The smallest absolute Gasteiger partial charge is 0.248 e. The quantitative estimate of drug-likeness (QED) is 0.815. The molecule has 20 heavy (non-hydrogen) atoms. The first-order valence-corrected chi connectivity index (χ1v) is 8.20. The molecular formula is C16H29NO3. The van der Waals surface area contributed by atoms with E-state index < -0.39 is 0 Å². The van der Waals surface area contributed by atoms with Gasteiger partial charge in [-0.3, -0.25) is 4.79 Å². The highest BCUT2D eigenvalue weighted by Crippen LogP contribution is 2.26. The molecule has 4 nitrogen and oxygen atoms in total. The Hall–Kier alpha value is -0.610. The summed E-state index contributed by atoms with van der Waals surface area (Å²) in [6.45, 7) is 5.69. The Labute approximate surface area is 122 Å². The summed E-state index contributed by atoms with van der Waals surface area (Å²) in [5, 5.41) is 2.97. The second-order valence-corrected chi connectivity index (χ2v) is 6.39. The standard InChI is InChI=1S/C16H29NO3/c1-12-5-3-6-15(11-12)20-13(2)16(18)17-9-8-14-7-4-10-19-14/h12-15H,3-11H2,1-2H3,(H,17,18)/t12-,13+,14+,15+/m1/s1. The SMILES string of the molecule is C[C@@H]1CCC[C@H](O[C@@H](C)C(=O)NCC[C@@H]2CCCO2)C1. The zero-order chi connectivity index (χ0) is 14.4. The fraction of sp³-hybridized carbons (Fsp3) is 0.938. The fourth-order valence-electron chi connectivity index (χ4n) is 3.22. The van der Waals surface area contributed by atoms with Gasteiger partial charge in [-0.2, -0.15) is 0 Å². The lowest BCUT2D eigenvalue weighted by molar-refractivity contribution is -0.137. The van der Waals surface area contributed by atoms with Gasteiger partial charge in [-0.25, -0.2) is 0 Å². The molecule has 0 aromatic rings. The molecule has 0 aromatic heterocycles. The second kappa shape index (κ2) is 7.99. The summed E-state index contributed by atoms with van der Waals surface area (Å²) in [5.74, 6) is 0.741. The van der Waals surface area contributed by atoms with Crippen LogP contribution in [-0.2, 0) is 14.3 Å². The Balaban J connectivity index is 1.61. The lowest BCUT2D eigenvalue weighted by Crippen LogP contribution is -2.38. The van der Waals surface area contributed by atoms with E-state index in [0.717, 1.165) is 44.6 Å². The van der Waals surface area contributed by atoms with Crippen molar-refractivity contribution in [1.29, 1.82) is 0 Å². The third kappa shape index (κ3) is 5.06. The number of amides is 1. The highest BCUT2D eigenvalue weighted by atomic mass is 16.5. The Morgan fingerprint density at radius 1 is 1.35 bits per heavy atom. The van der Waals surface area contributed by atoms with Crippen molar-refractivity contribution in [3.8, 4) is 0 Å².